The van der Waals surface area contributed by atoms with Crippen molar-refractivity contribution in [3.63, 3.8) is 0 Å². The summed E-state index contributed by atoms with van der Waals surface area (Å²) in [5, 5.41) is 10.8. The third-order valence-corrected chi connectivity index (χ3v) is 5.66. The van der Waals surface area contributed by atoms with E-state index in [0.717, 1.165) is 28.6 Å². The van der Waals surface area contributed by atoms with Gasteiger partial charge in [0.2, 0.25) is 10.0 Å². The normalized spacial score (nSPS) is 12.5. The van der Waals surface area contributed by atoms with Crippen LogP contribution in [0.1, 0.15) is 41.5 Å². The van der Waals surface area contributed by atoms with E-state index in [2.05, 4.69) is 0 Å². The Morgan fingerprint density at radius 2 is 1.43 bits per heavy atom. The lowest BCUT2D eigenvalue weighted by atomic mass is 9.97. The molecule has 0 amide bonds. The van der Waals surface area contributed by atoms with Crippen LogP contribution >= 0.6 is 0 Å². The van der Waals surface area contributed by atoms with Crippen molar-refractivity contribution in [2.75, 3.05) is 19.9 Å². The first-order valence-corrected chi connectivity index (χ1v) is 10.6. The van der Waals surface area contributed by atoms with Gasteiger partial charge in [-0.05, 0) is 53.7 Å². The van der Waals surface area contributed by atoms with Crippen LogP contribution in [-0.4, -0.2) is 49.5 Å². The van der Waals surface area contributed by atoms with Crippen LogP contribution in [-0.2, 0) is 29.1 Å². The van der Waals surface area contributed by atoms with Crippen molar-refractivity contribution in [1.82, 2.24) is 4.31 Å². The van der Waals surface area contributed by atoms with Crippen molar-refractivity contribution in [1.29, 1.82) is 0 Å². The molecular formula is C19H28N2O8S. The van der Waals surface area contributed by atoms with Crippen LogP contribution in [0.5, 0.6) is 0 Å². The summed E-state index contributed by atoms with van der Waals surface area (Å²) < 4.78 is 37.0. The molecule has 0 saturated heterocycles. The maximum absolute atomic E-state index is 13.0. The van der Waals surface area contributed by atoms with Crippen molar-refractivity contribution < 1.29 is 32.4 Å². The minimum Gasteiger partial charge on any atom is -0.464 e. The van der Waals surface area contributed by atoms with Crippen LogP contribution < -0.4 is 0 Å². The summed E-state index contributed by atoms with van der Waals surface area (Å²) in [6.45, 7) is 8.72. The highest BCUT2D eigenvalue weighted by Gasteiger charge is 2.30. The fourth-order valence-corrected chi connectivity index (χ4v) is 3.23. The fraction of sp³-hybridized carbons (Fsp3) is 0.579. The summed E-state index contributed by atoms with van der Waals surface area (Å²) >= 11 is 0. The Hall–Kier alpha value is -2.53. The summed E-state index contributed by atoms with van der Waals surface area (Å²) in [7, 11) is -4.18. The van der Waals surface area contributed by atoms with Crippen molar-refractivity contribution in [3.8, 4) is 0 Å². The lowest BCUT2D eigenvalue weighted by Gasteiger charge is -2.25. The zero-order valence-corrected chi connectivity index (χ0v) is 18.8. The highest BCUT2D eigenvalue weighted by atomic mass is 32.2. The fourth-order valence-electron chi connectivity index (χ4n) is 1.95. The van der Waals surface area contributed by atoms with E-state index in [9.17, 15) is 28.1 Å². The van der Waals surface area contributed by atoms with Gasteiger partial charge in [-0.3, -0.25) is 19.7 Å². The molecule has 0 aliphatic heterocycles. The largest absolute Gasteiger partial charge is 0.464 e. The van der Waals surface area contributed by atoms with Gasteiger partial charge in [-0.1, -0.05) is 0 Å². The Morgan fingerprint density at radius 1 is 0.967 bits per heavy atom. The summed E-state index contributed by atoms with van der Waals surface area (Å²) in [4.78, 5) is 33.9. The number of nitro groups is 1. The number of carbonyl (C=O) groups excluding carboxylic acids is 2. The van der Waals surface area contributed by atoms with Crippen LogP contribution in [0.3, 0.4) is 0 Å². The van der Waals surface area contributed by atoms with Crippen LogP contribution in [0.25, 0.3) is 0 Å². The molecule has 0 atom stereocenters. The molecule has 30 heavy (non-hydrogen) atoms. The average molecular weight is 445 g/mol. The van der Waals surface area contributed by atoms with Gasteiger partial charge in [0.1, 0.15) is 6.61 Å². The number of esters is 2. The Kier molecular flexibility index (Phi) is 8.09. The molecule has 0 radical (unpaired) electrons. The summed E-state index contributed by atoms with van der Waals surface area (Å²) in [5.74, 6) is -1.13. The van der Waals surface area contributed by atoms with Gasteiger partial charge in [-0.2, -0.15) is 4.31 Å². The number of nitro benzene ring substituents is 1. The Balaban J connectivity index is 3.06. The molecule has 0 unspecified atom stereocenters. The van der Waals surface area contributed by atoms with Gasteiger partial charge in [-0.25, -0.2) is 8.42 Å². The van der Waals surface area contributed by atoms with Crippen molar-refractivity contribution in [2.24, 2.45) is 10.8 Å². The molecule has 0 heterocycles. The SMILES string of the molecule is CC(C)(C)C(=O)OCCN(COC(=O)C(C)(C)C)S(=O)(=O)c1ccc([N+](=O)[O-])cc1. The van der Waals surface area contributed by atoms with E-state index < -0.39 is 44.4 Å². The average Bonchev–Trinajstić information content (AvgIpc) is 2.62. The smallest absolute Gasteiger partial charge is 0.312 e. The molecule has 1 aromatic rings. The number of benzene rings is 1. The van der Waals surface area contributed by atoms with Crippen LogP contribution in [0.2, 0.25) is 0 Å². The van der Waals surface area contributed by atoms with Crippen molar-refractivity contribution in [3.05, 3.63) is 34.4 Å². The third kappa shape index (κ3) is 7.06. The van der Waals surface area contributed by atoms with Gasteiger partial charge in [-0.15, -0.1) is 0 Å². The lowest BCUT2D eigenvalue weighted by molar-refractivity contribution is -0.384. The van der Waals surface area contributed by atoms with E-state index >= 15 is 0 Å². The van der Waals surface area contributed by atoms with Crippen LogP contribution in [0.4, 0.5) is 5.69 Å². The zero-order valence-electron chi connectivity index (χ0n) is 18.0. The number of ether oxygens (including phenoxy) is 2. The maximum Gasteiger partial charge on any atom is 0.312 e. The van der Waals surface area contributed by atoms with E-state index in [-0.39, 0.29) is 23.7 Å². The maximum atomic E-state index is 13.0. The standard InChI is InChI=1S/C19H28N2O8S/c1-18(2,3)16(22)28-12-11-20(13-29-17(23)19(4,5)6)30(26,27)15-9-7-14(8-10-15)21(24)25/h7-10H,11-13H2,1-6H3. The first-order valence-electron chi connectivity index (χ1n) is 9.16. The van der Waals surface area contributed by atoms with Crippen molar-refractivity contribution in [2.45, 2.75) is 46.4 Å². The van der Waals surface area contributed by atoms with Crippen LogP contribution in [0, 0.1) is 20.9 Å². The molecule has 0 bridgehead atoms. The molecule has 11 heteroatoms. The van der Waals surface area contributed by atoms with E-state index in [0.29, 0.717) is 0 Å². The monoisotopic (exact) mass is 444 g/mol. The number of rotatable bonds is 8. The molecule has 0 aliphatic carbocycles. The highest BCUT2D eigenvalue weighted by molar-refractivity contribution is 7.89. The number of hydrogen-bond acceptors (Lipinski definition) is 8. The molecule has 0 N–H and O–H groups in total. The minimum absolute atomic E-state index is 0.220. The van der Waals surface area contributed by atoms with Gasteiger partial charge in [0.25, 0.3) is 5.69 Å². The van der Waals surface area contributed by atoms with E-state index in [1.807, 2.05) is 0 Å². The minimum atomic E-state index is -4.18. The van der Waals surface area contributed by atoms with Gasteiger partial charge < -0.3 is 9.47 Å². The van der Waals surface area contributed by atoms with Gasteiger partial charge in [0, 0.05) is 12.1 Å². The Bertz CT molecular complexity index is 881. The van der Waals surface area contributed by atoms with Crippen LogP contribution in [0.15, 0.2) is 29.2 Å². The molecule has 0 fully saturated rings. The number of carbonyl (C=O) groups is 2. The summed E-state index contributed by atoms with van der Waals surface area (Å²) in [6.07, 6.45) is 0. The molecule has 1 aromatic carbocycles. The summed E-state index contributed by atoms with van der Waals surface area (Å²) in [6, 6.07) is 4.30. The number of hydrogen-bond donors (Lipinski definition) is 0. The second-order valence-electron chi connectivity index (χ2n) is 8.63. The van der Waals surface area contributed by atoms with Gasteiger partial charge >= 0.3 is 11.9 Å². The predicted octanol–water partition coefficient (Wildman–Crippen LogP) is 2.72. The zero-order chi connectivity index (χ0) is 23.3. The molecular weight excluding hydrogens is 416 g/mol. The quantitative estimate of drug-likeness (QED) is 0.259. The Labute approximate surface area is 176 Å². The number of sulfonamides is 1. The Morgan fingerprint density at radius 3 is 1.87 bits per heavy atom. The number of non-ortho nitro benzene ring substituents is 1. The molecule has 1 rings (SSSR count). The molecule has 0 saturated carbocycles. The lowest BCUT2D eigenvalue weighted by Crippen LogP contribution is -2.39. The predicted molar refractivity (Wildman–Crippen MR) is 108 cm³/mol. The molecule has 0 spiro atoms. The van der Waals surface area contributed by atoms with Crippen molar-refractivity contribution >= 4 is 27.6 Å². The third-order valence-electron chi connectivity index (χ3n) is 3.82. The highest BCUT2D eigenvalue weighted by Crippen LogP contribution is 2.21. The first-order chi connectivity index (χ1) is 13.6. The topological polar surface area (TPSA) is 133 Å². The van der Waals surface area contributed by atoms with Gasteiger partial charge in [0.15, 0.2) is 6.73 Å². The number of nitrogens with zero attached hydrogens (tertiary/aromatic N) is 2. The second-order valence-corrected chi connectivity index (χ2v) is 10.6. The molecule has 0 aromatic heterocycles. The molecule has 168 valence electrons. The second kappa shape index (κ2) is 9.52. The molecule has 10 nitrogen and oxygen atoms in total. The van der Waals surface area contributed by atoms with E-state index in [1.54, 1.807) is 41.5 Å². The van der Waals surface area contributed by atoms with Gasteiger partial charge in [0.05, 0.1) is 27.2 Å². The molecule has 0 aliphatic rings. The summed E-state index contributed by atoms with van der Waals surface area (Å²) in [5.41, 5.74) is -1.87. The van der Waals surface area contributed by atoms with E-state index in [4.69, 9.17) is 9.47 Å². The first kappa shape index (κ1) is 25.5. The van der Waals surface area contributed by atoms with E-state index in [1.165, 1.54) is 0 Å².